The molecule has 0 spiro atoms. The van der Waals surface area contributed by atoms with E-state index in [1.165, 1.54) is 7.05 Å². The van der Waals surface area contributed by atoms with Crippen LogP contribution in [0.25, 0.3) is 0 Å². The molecule has 8 heteroatoms. The van der Waals surface area contributed by atoms with Gasteiger partial charge in [0.2, 0.25) is 5.88 Å². The first-order valence-corrected chi connectivity index (χ1v) is 11.9. The van der Waals surface area contributed by atoms with Crippen LogP contribution in [-0.4, -0.2) is 22.2 Å². The molecule has 0 radical (unpaired) electrons. The molecular formula is C26H34N4O4. The van der Waals surface area contributed by atoms with Crippen molar-refractivity contribution in [3.63, 3.8) is 0 Å². The molecule has 0 aliphatic rings. The number of nitrogens with zero attached hydrogens (tertiary/aromatic N) is 4. The van der Waals surface area contributed by atoms with Crippen molar-refractivity contribution >= 4 is 17.3 Å². The molecule has 1 N–H and O–H groups in total. The third-order valence-corrected chi connectivity index (χ3v) is 5.89. The van der Waals surface area contributed by atoms with E-state index in [9.17, 15) is 20.0 Å². The Bertz CT molecular complexity index is 1100. The van der Waals surface area contributed by atoms with Crippen LogP contribution < -0.4 is 5.56 Å². The van der Waals surface area contributed by atoms with Gasteiger partial charge in [0.05, 0.1) is 17.9 Å². The van der Waals surface area contributed by atoms with Gasteiger partial charge in [-0.1, -0.05) is 46.5 Å². The molecule has 0 saturated heterocycles. The standard InChI is InChI=1S/C26H34N4O4/c1-5-8-10-18(7-3)17-34-26(33)19-12-14-20(15-13-19)28-29-23-21(11-9-6-2)22(16-27)24(31)30(4)25(23)32/h12-15,18,32H,5-11,17H2,1-4H3/b29-28+. The number of esters is 1. The smallest absolute Gasteiger partial charge is 0.338 e. The van der Waals surface area contributed by atoms with Crippen molar-refractivity contribution < 1.29 is 14.6 Å². The van der Waals surface area contributed by atoms with E-state index >= 15 is 0 Å². The van der Waals surface area contributed by atoms with E-state index in [2.05, 4.69) is 24.1 Å². The highest BCUT2D eigenvalue weighted by Crippen LogP contribution is 2.33. The summed E-state index contributed by atoms with van der Waals surface area (Å²) < 4.78 is 6.47. The molecule has 1 atom stereocenters. The summed E-state index contributed by atoms with van der Waals surface area (Å²) in [6.07, 6.45) is 6.28. The van der Waals surface area contributed by atoms with Gasteiger partial charge in [-0.3, -0.25) is 9.36 Å². The maximum atomic E-state index is 12.4. The Morgan fingerprint density at radius 2 is 1.82 bits per heavy atom. The fraction of sp³-hybridized carbons (Fsp3) is 0.500. The zero-order valence-corrected chi connectivity index (χ0v) is 20.5. The molecule has 0 fully saturated rings. The summed E-state index contributed by atoms with van der Waals surface area (Å²) in [5.74, 6) is -0.353. The van der Waals surface area contributed by atoms with Gasteiger partial charge in [0.25, 0.3) is 5.56 Å². The van der Waals surface area contributed by atoms with Crippen LogP contribution in [0.1, 0.15) is 80.8 Å². The topological polar surface area (TPSA) is 117 Å². The molecular weight excluding hydrogens is 432 g/mol. The second-order valence-corrected chi connectivity index (χ2v) is 8.37. The predicted octanol–water partition coefficient (Wildman–Crippen LogP) is 6.09. The minimum atomic E-state index is -0.562. The van der Waals surface area contributed by atoms with E-state index < -0.39 is 5.56 Å². The molecule has 0 aliphatic carbocycles. The highest BCUT2D eigenvalue weighted by Gasteiger charge is 2.20. The van der Waals surface area contributed by atoms with E-state index in [4.69, 9.17) is 4.74 Å². The number of hydrogen-bond donors (Lipinski definition) is 1. The van der Waals surface area contributed by atoms with E-state index in [-0.39, 0.29) is 23.1 Å². The normalized spacial score (nSPS) is 12.0. The lowest BCUT2D eigenvalue weighted by molar-refractivity contribution is 0.0428. The van der Waals surface area contributed by atoms with Crippen LogP contribution in [0.5, 0.6) is 5.88 Å². The van der Waals surface area contributed by atoms with Crippen LogP contribution >= 0.6 is 0 Å². The van der Waals surface area contributed by atoms with E-state index in [1.807, 2.05) is 13.0 Å². The zero-order valence-electron chi connectivity index (χ0n) is 20.5. The molecule has 2 aromatic rings. The Morgan fingerprint density at radius 3 is 2.41 bits per heavy atom. The van der Waals surface area contributed by atoms with Gasteiger partial charge in [-0.2, -0.15) is 10.4 Å². The van der Waals surface area contributed by atoms with Crippen LogP contribution in [-0.2, 0) is 18.2 Å². The van der Waals surface area contributed by atoms with Crippen molar-refractivity contribution in [2.75, 3.05) is 6.61 Å². The number of rotatable bonds is 12. The van der Waals surface area contributed by atoms with Gasteiger partial charge in [0.15, 0.2) is 5.69 Å². The summed E-state index contributed by atoms with van der Waals surface area (Å²) in [5.41, 5.74) is 0.776. The van der Waals surface area contributed by atoms with Crippen molar-refractivity contribution in [1.82, 2.24) is 4.57 Å². The fourth-order valence-electron chi connectivity index (χ4n) is 3.57. The number of ether oxygens (including phenoxy) is 1. The van der Waals surface area contributed by atoms with Crippen LogP contribution in [0.4, 0.5) is 11.4 Å². The largest absolute Gasteiger partial charge is 0.493 e. The summed E-state index contributed by atoms with van der Waals surface area (Å²) in [4.78, 5) is 24.7. The van der Waals surface area contributed by atoms with Gasteiger partial charge < -0.3 is 9.84 Å². The summed E-state index contributed by atoms with van der Waals surface area (Å²) >= 11 is 0. The van der Waals surface area contributed by atoms with Crippen molar-refractivity contribution in [2.24, 2.45) is 23.2 Å². The summed E-state index contributed by atoms with van der Waals surface area (Å²) in [7, 11) is 1.38. The van der Waals surface area contributed by atoms with Crippen molar-refractivity contribution in [2.45, 2.75) is 65.7 Å². The summed E-state index contributed by atoms with van der Waals surface area (Å²) in [6.45, 7) is 6.65. The second-order valence-electron chi connectivity index (χ2n) is 8.37. The van der Waals surface area contributed by atoms with Gasteiger partial charge >= 0.3 is 5.97 Å². The maximum Gasteiger partial charge on any atom is 0.338 e. The molecule has 1 aromatic carbocycles. The average Bonchev–Trinajstić information content (AvgIpc) is 2.86. The SMILES string of the molecule is CCCCc1c(/N=N/c2ccc(C(=O)OCC(CC)CCCC)cc2)c(O)n(C)c(=O)c1C#N. The van der Waals surface area contributed by atoms with Crippen molar-refractivity contribution in [1.29, 1.82) is 5.26 Å². The number of aromatic hydroxyl groups is 1. The van der Waals surface area contributed by atoms with Gasteiger partial charge in [-0.25, -0.2) is 4.79 Å². The number of aromatic nitrogens is 1. The van der Waals surface area contributed by atoms with Gasteiger partial charge in [0, 0.05) is 12.6 Å². The summed E-state index contributed by atoms with van der Waals surface area (Å²) in [5, 5.41) is 28.3. The highest BCUT2D eigenvalue weighted by atomic mass is 16.5. The zero-order chi connectivity index (χ0) is 25.1. The molecule has 2 rings (SSSR count). The highest BCUT2D eigenvalue weighted by molar-refractivity contribution is 5.89. The number of benzene rings is 1. The minimum Gasteiger partial charge on any atom is -0.493 e. The minimum absolute atomic E-state index is 0.0369. The number of nitriles is 1. The maximum absolute atomic E-state index is 12.4. The van der Waals surface area contributed by atoms with Gasteiger partial charge in [-0.15, -0.1) is 5.11 Å². The van der Waals surface area contributed by atoms with Crippen molar-refractivity contribution in [3.8, 4) is 11.9 Å². The Hall–Kier alpha value is -3.47. The Kier molecular flexibility index (Phi) is 10.5. The summed E-state index contributed by atoms with van der Waals surface area (Å²) in [6, 6.07) is 8.42. The monoisotopic (exact) mass is 466 g/mol. The van der Waals surface area contributed by atoms with Crippen LogP contribution in [0.2, 0.25) is 0 Å². The average molecular weight is 467 g/mol. The Balaban J connectivity index is 2.21. The lowest BCUT2D eigenvalue weighted by atomic mass is 10.0. The molecule has 1 unspecified atom stereocenters. The first kappa shape index (κ1) is 26.8. The van der Waals surface area contributed by atoms with E-state index in [0.717, 1.165) is 43.1 Å². The number of hydrogen-bond acceptors (Lipinski definition) is 7. The van der Waals surface area contributed by atoms with Crippen LogP contribution in [0.3, 0.4) is 0 Å². The molecule has 0 aliphatic heterocycles. The quantitative estimate of drug-likeness (QED) is 0.300. The number of azo groups is 1. The van der Waals surface area contributed by atoms with Crippen LogP contribution in [0, 0.1) is 17.2 Å². The molecule has 1 heterocycles. The van der Waals surface area contributed by atoms with Gasteiger partial charge in [0.1, 0.15) is 11.6 Å². The molecule has 0 amide bonds. The molecule has 1 aromatic heterocycles. The fourth-order valence-corrected chi connectivity index (χ4v) is 3.57. The van der Waals surface area contributed by atoms with Crippen LogP contribution in [0.15, 0.2) is 39.3 Å². The predicted molar refractivity (Wildman–Crippen MR) is 131 cm³/mol. The third kappa shape index (κ3) is 6.77. The Labute approximate surface area is 200 Å². The first-order valence-electron chi connectivity index (χ1n) is 11.9. The number of carbonyl (C=O) groups excluding carboxylic acids is 1. The molecule has 0 bridgehead atoms. The number of pyridine rings is 1. The Morgan fingerprint density at radius 1 is 1.15 bits per heavy atom. The number of carbonyl (C=O) groups is 1. The lowest BCUT2D eigenvalue weighted by Gasteiger charge is -2.14. The molecule has 8 nitrogen and oxygen atoms in total. The lowest BCUT2D eigenvalue weighted by Crippen LogP contribution is -2.21. The molecule has 182 valence electrons. The molecule has 34 heavy (non-hydrogen) atoms. The first-order chi connectivity index (χ1) is 16.4. The molecule has 0 saturated carbocycles. The van der Waals surface area contributed by atoms with Gasteiger partial charge in [-0.05, 0) is 49.4 Å². The van der Waals surface area contributed by atoms with E-state index in [1.54, 1.807) is 24.3 Å². The van der Waals surface area contributed by atoms with E-state index in [0.29, 0.717) is 35.8 Å². The third-order valence-electron chi connectivity index (χ3n) is 5.89. The van der Waals surface area contributed by atoms with Crippen molar-refractivity contribution in [3.05, 3.63) is 51.3 Å². The second kappa shape index (κ2) is 13.3. The number of unbranched alkanes of at least 4 members (excludes halogenated alkanes) is 2.